The van der Waals surface area contributed by atoms with E-state index in [1.807, 2.05) is 18.2 Å². The SMILES string of the molecule is O=C(NC(c1ccc2c(c1)OCCO2)C1CC1)c1cc(F)cc(Br)c1. The van der Waals surface area contributed by atoms with Crippen LogP contribution in [0.1, 0.15) is 34.8 Å². The second kappa shape index (κ2) is 6.67. The highest BCUT2D eigenvalue weighted by Crippen LogP contribution is 2.43. The van der Waals surface area contributed by atoms with Crippen LogP contribution in [0.25, 0.3) is 0 Å². The van der Waals surface area contributed by atoms with Gasteiger partial charge in [-0.3, -0.25) is 4.79 Å². The number of amides is 1. The summed E-state index contributed by atoms with van der Waals surface area (Å²) in [5.74, 6) is 1.10. The maximum absolute atomic E-state index is 13.6. The van der Waals surface area contributed by atoms with Crippen LogP contribution in [0.4, 0.5) is 4.39 Å². The first-order valence-corrected chi connectivity index (χ1v) is 9.06. The van der Waals surface area contributed by atoms with Gasteiger partial charge in [0.15, 0.2) is 11.5 Å². The summed E-state index contributed by atoms with van der Waals surface area (Å²) < 4.78 is 25.3. The van der Waals surface area contributed by atoms with Crippen molar-refractivity contribution in [2.45, 2.75) is 18.9 Å². The van der Waals surface area contributed by atoms with E-state index in [9.17, 15) is 9.18 Å². The van der Waals surface area contributed by atoms with E-state index in [2.05, 4.69) is 21.2 Å². The lowest BCUT2D eigenvalue weighted by Crippen LogP contribution is -2.30. The summed E-state index contributed by atoms with van der Waals surface area (Å²) >= 11 is 3.22. The molecular formula is C19H17BrFNO3. The summed E-state index contributed by atoms with van der Waals surface area (Å²) in [7, 11) is 0. The summed E-state index contributed by atoms with van der Waals surface area (Å²) in [5.41, 5.74) is 1.28. The van der Waals surface area contributed by atoms with Crippen molar-refractivity contribution >= 4 is 21.8 Å². The van der Waals surface area contributed by atoms with Crippen molar-refractivity contribution in [3.63, 3.8) is 0 Å². The molecule has 1 N–H and O–H groups in total. The molecule has 0 radical (unpaired) electrons. The van der Waals surface area contributed by atoms with Gasteiger partial charge < -0.3 is 14.8 Å². The minimum absolute atomic E-state index is 0.120. The summed E-state index contributed by atoms with van der Waals surface area (Å²) in [6, 6.07) is 9.84. The Balaban J connectivity index is 1.58. The molecule has 130 valence electrons. The van der Waals surface area contributed by atoms with Crippen molar-refractivity contribution in [3.05, 3.63) is 57.8 Å². The van der Waals surface area contributed by atoms with Crippen molar-refractivity contribution < 1.29 is 18.7 Å². The standard InChI is InChI=1S/C19H17BrFNO3/c20-14-7-13(8-15(21)10-14)19(23)22-18(11-1-2-11)12-3-4-16-17(9-12)25-6-5-24-16/h3-4,7-11,18H,1-2,5-6H2,(H,22,23). The molecule has 0 spiro atoms. The third-order valence-corrected chi connectivity index (χ3v) is 4.89. The van der Waals surface area contributed by atoms with E-state index >= 15 is 0 Å². The molecule has 1 heterocycles. The molecule has 4 nitrogen and oxygen atoms in total. The van der Waals surface area contributed by atoms with Crippen LogP contribution in [-0.2, 0) is 0 Å². The quantitative estimate of drug-likeness (QED) is 0.827. The molecular weight excluding hydrogens is 389 g/mol. The van der Waals surface area contributed by atoms with Gasteiger partial charge in [0, 0.05) is 10.0 Å². The first-order valence-electron chi connectivity index (χ1n) is 8.26. The number of carbonyl (C=O) groups excluding carboxylic acids is 1. The van der Waals surface area contributed by atoms with Gasteiger partial charge in [-0.2, -0.15) is 0 Å². The summed E-state index contributed by atoms with van der Waals surface area (Å²) in [6.07, 6.45) is 2.12. The van der Waals surface area contributed by atoms with Crippen LogP contribution >= 0.6 is 15.9 Å². The molecule has 1 unspecified atom stereocenters. The van der Waals surface area contributed by atoms with Gasteiger partial charge in [0.1, 0.15) is 19.0 Å². The molecule has 1 saturated carbocycles. The van der Waals surface area contributed by atoms with Crippen molar-refractivity contribution in [2.75, 3.05) is 13.2 Å². The van der Waals surface area contributed by atoms with Crippen LogP contribution in [0, 0.1) is 11.7 Å². The third-order valence-electron chi connectivity index (χ3n) is 4.43. The highest BCUT2D eigenvalue weighted by molar-refractivity contribution is 9.10. The Morgan fingerprint density at radius 1 is 1.12 bits per heavy atom. The fourth-order valence-corrected chi connectivity index (χ4v) is 3.53. The first-order chi connectivity index (χ1) is 12.1. The van der Waals surface area contributed by atoms with Gasteiger partial charge in [0.25, 0.3) is 5.91 Å². The fourth-order valence-electron chi connectivity index (χ4n) is 3.07. The molecule has 2 aliphatic rings. The predicted molar refractivity (Wildman–Crippen MR) is 94.5 cm³/mol. The number of hydrogen-bond donors (Lipinski definition) is 1. The normalized spacial score (nSPS) is 17.0. The highest BCUT2D eigenvalue weighted by atomic mass is 79.9. The molecule has 1 fully saturated rings. The number of halogens is 2. The molecule has 2 aromatic rings. The molecule has 1 aliphatic carbocycles. The van der Waals surface area contributed by atoms with E-state index in [0.717, 1.165) is 24.2 Å². The lowest BCUT2D eigenvalue weighted by atomic mass is 10.0. The van der Waals surface area contributed by atoms with Crippen LogP contribution in [0.5, 0.6) is 11.5 Å². The zero-order valence-electron chi connectivity index (χ0n) is 13.4. The number of hydrogen-bond acceptors (Lipinski definition) is 3. The van der Waals surface area contributed by atoms with Gasteiger partial charge in [-0.1, -0.05) is 22.0 Å². The second-order valence-corrected chi connectivity index (χ2v) is 7.27. The van der Waals surface area contributed by atoms with E-state index in [0.29, 0.717) is 34.9 Å². The first kappa shape index (κ1) is 16.4. The van der Waals surface area contributed by atoms with Crippen LogP contribution < -0.4 is 14.8 Å². The van der Waals surface area contributed by atoms with Crippen LogP contribution in [0.3, 0.4) is 0 Å². The molecule has 1 aliphatic heterocycles. The number of ether oxygens (including phenoxy) is 2. The minimum Gasteiger partial charge on any atom is -0.486 e. The van der Waals surface area contributed by atoms with Gasteiger partial charge >= 0.3 is 0 Å². The Kier molecular flexibility index (Phi) is 4.37. The van der Waals surface area contributed by atoms with Gasteiger partial charge in [-0.15, -0.1) is 0 Å². The lowest BCUT2D eigenvalue weighted by Gasteiger charge is -2.23. The lowest BCUT2D eigenvalue weighted by molar-refractivity contribution is 0.0931. The summed E-state index contributed by atoms with van der Waals surface area (Å²) in [4.78, 5) is 12.6. The Hall–Kier alpha value is -2.08. The van der Waals surface area contributed by atoms with E-state index in [-0.39, 0.29) is 11.9 Å². The summed E-state index contributed by atoms with van der Waals surface area (Å²) in [6.45, 7) is 1.07. The number of rotatable bonds is 4. The maximum Gasteiger partial charge on any atom is 0.251 e. The molecule has 2 aromatic carbocycles. The topological polar surface area (TPSA) is 47.6 Å². The zero-order chi connectivity index (χ0) is 17.4. The van der Waals surface area contributed by atoms with E-state index in [4.69, 9.17) is 9.47 Å². The van der Waals surface area contributed by atoms with Crippen LogP contribution in [0.15, 0.2) is 40.9 Å². The Bertz CT molecular complexity index is 802. The predicted octanol–water partition coefficient (Wildman–Crippen LogP) is 4.24. The largest absolute Gasteiger partial charge is 0.486 e. The number of nitrogens with one attached hydrogen (secondary N) is 1. The van der Waals surface area contributed by atoms with Crippen molar-refractivity contribution in [2.24, 2.45) is 5.92 Å². The van der Waals surface area contributed by atoms with Gasteiger partial charge in [0.05, 0.1) is 6.04 Å². The molecule has 0 aromatic heterocycles. The van der Waals surface area contributed by atoms with Crippen molar-refractivity contribution in [1.29, 1.82) is 0 Å². The summed E-state index contributed by atoms with van der Waals surface area (Å²) in [5, 5.41) is 3.05. The second-order valence-electron chi connectivity index (χ2n) is 6.35. The molecule has 0 saturated heterocycles. The Morgan fingerprint density at radius 2 is 1.88 bits per heavy atom. The average Bonchev–Trinajstić information content (AvgIpc) is 3.43. The number of benzene rings is 2. The van der Waals surface area contributed by atoms with E-state index in [1.54, 1.807) is 6.07 Å². The number of fused-ring (bicyclic) bond motifs is 1. The zero-order valence-corrected chi connectivity index (χ0v) is 15.0. The monoisotopic (exact) mass is 405 g/mol. The molecule has 1 amide bonds. The highest BCUT2D eigenvalue weighted by Gasteiger charge is 2.34. The molecule has 0 bridgehead atoms. The smallest absolute Gasteiger partial charge is 0.251 e. The van der Waals surface area contributed by atoms with Crippen LogP contribution in [0.2, 0.25) is 0 Å². The van der Waals surface area contributed by atoms with Crippen molar-refractivity contribution in [3.8, 4) is 11.5 Å². The Labute approximate surface area is 153 Å². The third kappa shape index (κ3) is 3.63. The van der Waals surface area contributed by atoms with Gasteiger partial charge in [-0.05, 0) is 54.7 Å². The maximum atomic E-state index is 13.6. The molecule has 25 heavy (non-hydrogen) atoms. The van der Waals surface area contributed by atoms with E-state index < -0.39 is 5.82 Å². The molecule has 6 heteroatoms. The average molecular weight is 406 g/mol. The van der Waals surface area contributed by atoms with Gasteiger partial charge in [-0.25, -0.2) is 4.39 Å². The van der Waals surface area contributed by atoms with Crippen molar-refractivity contribution in [1.82, 2.24) is 5.32 Å². The van der Waals surface area contributed by atoms with Crippen LogP contribution in [-0.4, -0.2) is 19.1 Å². The van der Waals surface area contributed by atoms with Gasteiger partial charge in [0.2, 0.25) is 0 Å². The minimum atomic E-state index is -0.443. The number of carbonyl (C=O) groups is 1. The molecule has 4 rings (SSSR count). The Morgan fingerprint density at radius 3 is 2.60 bits per heavy atom. The fraction of sp³-hybridized carbons (Fsp3) is 0.316. The van der Waals surface area contributed by atoms with E-state index in [1.165, 1.54) is 12.1 Å². The molecule has 1 atom stereocenters.